The van der Waals surface area contributed by atoms with Gasteiger partial charge in [-0.1, -0.05) is 43.3 Å². The summed E-state index contributed by atoms with van der Waals surface area (Å²) in [5.74, 6) is 0.186. The minimum absolute atomic E-state index is 0.191. The monoisotopic (exact) mass is 629 g/mol. The fourth-order valence-corrected chi connectivity index (χ4v) is 5.29. The van der Waals surface area contributed by atoms with Gasteiger partial charge in [0.25, 0.3) is 0 Å². The van der Waals surface area contributed by atoms with Gasteiger partial charge in [-0.25, -0.2) is 9.78 Å². The molecular weight excluding hydrogens is 581 g/mol. The van der Waals surface area contributed by atoms with Gasteiger partial charge in [-0.3, -0.25) is 4.79 Å². The van der Waals surface area contributed by atoms with Crippen LogP contribution in [0.4, 0.5) is 4.79 Å². The van der Waals surface area contributed by atoms with E-state index in [0.717, 1.165) is 29.5 Å². The lowest BCUT2D eigenvalue weighted by Gasteiger charge is -2.32. The molecule has 1 aliphatic heterocycles. The lowest BCUT2D eigenvalue weighted by molar-refractivity contribution is -0.116. The molecule has 246 valence electrons. The minimum Gasteiger partial charge on any atom is -0.476 e. The summed E-state index contributed by atoms with van der Waals surface area (Å²) in [6.45, 7) is 16.5. The van der Waals surface area contributed by atoms with Gasteiger partial charge in [-0.05, 0) is 101 Å². The number of hydrogen-bond donors (Lipinski definition) is 1. The highest BCUT2D eigenvalue weighted by molar-refractivity contribution is 6.56. The van der Waals surface area contributed by atoms with Crippen LogP contribution in [0.25, 0.3) is 11.6 Å². The van der Waals surface area contributed by atoms with E-state index in [9.17, 15) is 9.59 Å². The molecule has 0 unspecified atom stereocenters. The average Bonchev–Trinajstić information content (AvgIpc) is 3.50. The quantitative estimate of drug-likeness (QED) is 0.226. The maximum atomic E-state index is 12.8. The number of hydrogen-bond acceptors (Lipinski definition) is 7. The van der Waals surface area contributed by atoms with Crippen molar-refractivity contribution in [1.82, 2.24) is 15.2 Å². The number of nitrogens with one attached hydrogen (secondary N) is 1. The van der Waals surface area contributed by atoms with Gasteiger partial charge in [0.05, 0.1) is 17.7 Å². The van der Waals surface area contributed by atoms with Crippen LogP contribution in [-0.2, 0) is 25.3 Å². The molecule has 2 amide bonds. The molecule has 0 spiro atoms. The fourth-order valence-electron chi connectivity index (χ4n) is 5.29. The van der Waals surface area contributed by atoms with E-state index in [4.69, 9.17) is 18.8 Å². The summed E-state index contributed by atoms with van der Waals surface area (Å²) in [6.07, 6.45) is 8.14. The largest absolute Gasteiger partial charge is 0.491 e. The Morgan fingerprint density at radius 3 is 2.37 bits per heavy atom. The fraction of sp³-hybridized carbons (Fsp3) is 0.472. The molecule has 46 heavy (non-hydrogen) atoms. The molecule has 0 bridgehead atoms. The van der Waals surface area contributed by atoms with Crippen molar-refractivity contribution in [2.45, 2.75) is 85.0 Å². The van der Waals surface area contributed by atoms with Gasteiger partial charge >= 0.3 is 13.2 Å². The maximum Gasteiger partial charge on any atom is 0.491 e. The van der Waals surface area contributed by atoms with Gasteiger partial charge in [0.15, 0.2) is 0 Å². The number of ether oxygens (including phenoxy) is 2. The van der Waals surface area contributed by atoms with E-state index in [0.29, 0.717) is 5.88 Å². The van der Waals surface area contributed by atoms with Crippen LogP contribution in [0.5, 0.6) is 5.88 Å². The van der Waals surface area contributed by atoms with Gasteiger partial charge < -0.3 is 29.0 Å². The summed E-state index contributed by atoms with van der Waals surface area (Å²) < 4.78 is 24.6. The molecule has 1 N–H and O–H groups in total. The SMILES string of the molecule is CC/C(B1OC(C)(C)C(C)(C)O1)=C(\C1=Cc2ccccc2C1)c1ccc(OCCN(C/C=C/C(=O)NC)C(=O)OC(C)(C)C)nc1. The van der Waals surface area contributed by atoms with Crippen molar-refractivity contribution in [3.63, 3.8) is 0 Å². The second-order valence-corrected chi connectivity index (χ2v) is 13.6. The zero-order chi connectivity index (χ0) is 33.7. The molecule has 4 rings (SSSR count). The first-order valence-corrected chi connectivity index (χ1v) is 16.0. The van der Waals surface area contributed by atoms with E-state index < -0.39 is 30.0 Å². The first kappa shape index (κ1) is 35.0. The van der Waals surface area contributed by atoms with Crippen molar-refractivity contribution in [3.8, 4) is 5.88 Å². The summed E-state index contributed by atoms with van der Waals surface area (Å²) in [7, 11) is 1.06. The van der Waals surface area contributed by atoms with Crippen LogP contribution in [0.15, 0.2) is 65.8 Å². The number of fused-ring (bicyclic) bond motifs is 1. The Bertz CT molecular complexity index is 1490. The van der Waals surface area contributed by atoms with Crippen LogP contribution >= 0.6 is 0 Å². The number of nitrogens with zero attached hydrogens (tertiary/aromatic N) is 2. The Morgan fingerprint density at radius 2 is 1.78 bits per heavy atom. The normalized spacial score (nSPS) is 17.3. The molecule has 2 aliphatic rings. The molecule has 1 aromatic heterocycles. The first-order valence-electron chi connectivity index (χ1n) is 16.0. The van der Waals surface area contributed by atoms with Crippen LogP contribution in [0, 0.1) is 0 Å². The summed E-state index contributed by atoms with van der Waals surface area (Å²) in [5.41, 5.74) is 5.22. The van der Waals surface area contributed by atoms with Crippen LogP contribution in [0.1, 0.15) is 78.5 Å². The van der Waals surface area contributed by atoms with Gasteiger partial charge in [0.2, 0.25) is 11.8 Å². The Labute approximate surface area is 274 Å². The molecular formula is C36H48BN3O6. The average molecular weight is 630 g/mol. The van der Waals surface area contributed by atoms with E-state index in [1.165, 1.54) is 27.7 Å². The molecule has 10 heteroatoms. The van der Waals surface area contributed by atoms with Crippen LogP contribution in [-0.4, -0.2) is 72.5 Å². The molecule has 1 aromatic carbocycles. The number of carbonyl (C=O) groups excluding carboxylic acids is 2. The zero-order valence-corrected chi connectivity index (χ0v) is 28.7. The van der Waals surface area contributed by atoms with Crippen LogP contribution in [0.2, 0.25) is 0 Å². The predicted molar refractivity (Wildman–Crippen MR) is 182 cm³/mol. The summed E-state index contributed by atoms with van der Waals surface area (Å²) >= 11 is 0. The molecule has 2 aromatic rings. The van der Waals surface area contributed by atoms with Crippen LogP contribution in [0.3, 0.4) is 0 Å². The number of allylic oxidation sites excluding steroid dienone is 3. The Morgan fingerprint density at radius 1 is 1.09 bits per heavy atom. The Kier molecular flexibility index (Phi) is 10.8. The number of amides is 2. The van der Waals surface area contributed by atoms with Gasteiger partial charge in [-0.2, -0.15) is 0 Å². The molecule has 9 nitrogen and oxygen atoms in total. The first-order chi connectivity index (χ1) is 21.6. The van der Waals surface area contributed by atoms with Crippen molar-refractivity contribution in [2.24, 2.45) is 0 Å². The van der Waals surface area contributed by atoms with Crippen molar-refractivity contribution < 1.29 is 28.4 Å². The topological polar surface area (TPSA) is 99.2 Å². The van der Waals surface area contributed by atoms with Gasteiger partial charge in [-0.15, -0.1) is 0 Å². The third-order valence-corrected chi connectivity index (χ3v) is 8.46. The summed E-state index contributed by atoms with van der Waals surface area (Å²) in [4.78, 5) is 30.6. The second kappa shape index (κ2) is 14.3. The van der Waals surface area contributed by atoms with Crippen LogP contribution < -0.4 is 10.1 Å². The van der Waals surface area contributed by atoms with Gasteiger partial charge in [0, 0.05) is 31.9 Å². The summed E-state index contributed by atoms with van der Waals surface area (Å²) in [5, 5.41) is 2.53. The van der Waals surface area contributed by atoms with Crippen molar-refractivity contribution in [2.75, 3.05) is 26.7 Å². The maximum absolute atomic E-state index is 12.8. The Balaban J connectivity index is 1.55. The van der Waals surface area contributed by atoms with E-state index in [1.54, 1.807) is 13.1 Å². The van der Waals surface area contributed by atoms with E-state index >= 15 is 0 Å². The third-order valence-electron chi connectivity index (χ3n) is 8.46. The molecule has 1 aliphatic carbocycles. The van der Waals surface area contributed by atoms with E-state index in [2.05, 4.69) is 75.3 Å². The molecule has 0 atom stereocenters. The molecule has 0 saturated carbocycles. The Hall–Kier alpha value is -3.89. The third kappa shape index (κ3) is 8.47. The molecule has 0 radical (unpaired) electrons. The zero-order valence-electron chi connectivity index (χ0n) is 28.7. The van der Waals surface area contributed by atoms with Crippen molar-refractivity contribution >= 4 is 30.8 Å². The van der Waals surface area contributed by atoms with E-state index in [-0.39, 0.29) is 25.6 Å². The smallest absolute Gasteiger partial charge is 0.476 e. The number of pyridine rings is 1. The number of benzene rings is 1. The highest BCUT2D eigenvalue weighted by Gasteiger charge is 2.52. The predicted octanol–water partition coefficient (Wildman–Crippen LogP) is 6.43. The van der Waals surface area contributed by atoms with Gasteiger partial charge in [0.1, 0.15) is 12.2 Å². The summed E-state index contributed by atoms with van der Waals surface area (Å²) in [6, 6.07) is 12.3. The molecule has 2 heterocycles. The lowest BCUT2D eigenvalue weighted by atomic mass is 9.70. The number of aromatic nitrogens is 1. The van der Waals surface area contributed by atoms with E-state index in [1.807, 2.05) is 39.1 Å². The standard InChI is InChI=1S/C36H48BN3O6/c1-10-29(37-45-35(5,6)36(7,8)46-37)32(28-22-25-14-11-12-15-26(25)23-28)27-17-18-31(39-24-27)43-21-20-40(19-13-16-30(41)38-9)33(42)44-34(2,3)4/h11-18,22,24H,10,19-21,23H2,1-9H3,(H,38,41)/b16-13+,32-29+. The second-order valence-electron chi connectivity index (χ2n) is 13.6. The molecule has 1 fully saturated rings. The highest BCUT2D eigenvalue weighted by atomic mass is 16.7. The number of carbonyl (C=O) groups is 2. The lowest BCUT2D eigenvalue weighted by Crippen LogP contribution is -2.41. The molecule has 1 saturated heterocycles. The van der Waals surface area contributed by atoms with Crippen molar-refractivity contribution in [3.05, 3.63) is 82.5 Å². The minimum atomic E-state index is -0.656. The van der Waals surface area contributed by atoms with Crippen molar-refractivity contribution in [1.29, 1.82) is 0 Å². The highest BCUT2D eigenvalue weighted by Crippen LogP contribution is 2.43. The number of likely N-dealkylation sites (N-methyl/N-ethyl adjacent to an activating group) is 1. The number of rotatable bonds is 11.